The Kier molecular flexibility index (Phi) is 13.4. The molecule has 1 aliphatic rings. The van der Waals surface area contributed by atoms with Gasteiger partial charge in [-0.15, -0.1) is 0 Å². The molecule has 0 radical (unpaired) electrons. The molecule has 0 saturated carbocycles. The zero-order chi connectivity index (χ0) is 36.2. The van der Waals surface area contributed by atoms with Gasteiger partial charge in [-0.1, -0.05) is 48.4 Å². The molecule has 1 aromatic heterocycles. The van der Waals surface area contributed by atoms with Gasteiger partial charge in [-0.25, -0.2) is 4.79 Å². The van der Waals surface area contributed by atoms with Crippen molar-refractivity contribution in [1.82, 2.24) is 9.88 Å². The molecular formula is C40H43ClN4O6. The predicted molar refractivity (Wildman–Crippen MR) is 197 cm³/mol. The summed E-state index contributed by atoms with van der Waals surface area (Å²) in [6.07, 6.45) is 7.96. The molecule has 0 amide bonds. The van der Waals surface area contributed by atoms with E-state index in [9.17, 15) is 20.3 Å². The van der Waals surface area contributed by atoms with Crippen LogP contribution in [0.25, 0.3) is 11.1 Å². The van der Waals surface area contributed by atoms with Crippen LogP contribution in [0.3, 0.4) is 0 Å². The van der Waals surface area contributed by atoms with Crippen LogP contribution in [0.2, 0.25) is 5.02 Å². The molecule has 0 spiro atoms. The quantitative estimate of drug-likeness (QED) is 0.0905. The number of hydrogen-bond acceptors (Lipinski definition) is 9. The summed E-state index contributed by atoms with van der Waals surface area (Å²) in [4.78, 5) is 22.1. The Bertz CT molecular complexity index is 1900. The van der Waals surface area contributed by atoms with E-state index in [2.05, 4.69) is 46.9 Å². The first kappa shape index (κ1) is 37.3. The number of aliphatic hydroxyl groups is 1. The second-order valence-electron chi connectivity index (χ2n) is 12.5. The normalized spacial score (nSPS) is 13.4. The lowest BCUT2D eigenvalue weighted by Gasteiger charge is -2.26. The summed E-state index contributed by atoms with van der Waals surface area (Å²) in [6, 6.07) is 19.3. The molecule has 0 aliphatic carbocycles. The minimum atomic E-state index is -1.32. The maximum Gasteiger partial charge on any atom is 0.352 e. The topological polar surface area (TPSA) is 138 Å². The monoisotopic (exact) mass is 710 g/mol. The van der Waals surface area contributed by atoms with Gasteiger partial charge < -0.3 is 29.3 Å². The van der Waals surface area contributed by atoms with Crippen molar-refractivity contribution in [1.29, 1.82) is 5.26 Å². The standard InChI is InChI=1S/C40H43ClN4O6/c1-27-31(9-6-10-33(27)34-11-7-12-37(28(34)2)49-16-8-15-45-13-4-3-5-14-45)26-51-39-19-38(50-25-30-17-29(20-42)21-43-22-30)32(18-35(39)41)23-44-36(24-46)40(47)48/h6-7,9-12,17-19,21-22,46H,3-5,8,13-16,23-26H2,1-2H3,(H,47,48)/b44-36+. The van der Waals surface area contributed by atoms with Crippen molar-refractivity contribution in [3.8, 4) is 34.4 Å². The van der Waals surface area contributed by atoms with E-state index < -0.39 is 12.6 Å². The molecule has 3 aromatic carbocycles. The molecule has 4 aromatic rings. The maximum absolute atomic E-state index is 11.4. The smallest absolute Gasteiger partial charge is 0.352 e. The number of pyridine rings is 1. The van der Waals surface area contributed by atoms with Crippen LogP contribution in [0.4, 0.5) is 0 Å². The number of carbonyl (C=O) groups is 1. The highest BCUT2D eigenvalue weighted by Crippen LogP contribution is 2.36. The minimum Gasteiger partial charge on any atom is -0.493 e. The van der Waals surface area contributed by atoms with Crippen LogP contribution in [0, 0.1) is 25.2 Å². The lowest BCUT2D eigenvalue weighted by Crippen LogP contribution is -2.31. The lowest BCUT2D eigenvalue weighted by molar-refractivity contribution is -0.129. The van der Waals surface area contributed by atoms with Crippen LogP contribution < -0.4 is 14.2 Å². The Morgan fingerprint density at radius 2 is 1.67 bits per heavy atom. The van der Waals surface area contributed by atoms with E-state index in [1.54, 1.807) is 24.4 Å². The third-order valence-corrected chi connectivity index (χ3v) is 9.29. The zero-order valence-corrected chi connectivity index (χ0v) is 29.8. The number of rotatable bonds is 16. The van der Waals surface area contributed by atoms with Gasteiger partial charge in [0.25, 0.3) is 0 Å². The van der Waals surface area contributed by atoms with Crippen molar-refractivity contribution >= 4 is 23.3 Å². The summed E-state index contributed by atoms with van der Waals surface area (Å²) in [7, 11) is 0. The van der Waals surface area contributed by atoms with Crippen LogP contribution in [0.15, 0.2) is 72.0 Å². The van der Waals surface area contributed by atoms with Gasteiger partial charge >= 0.3 is 5.97 Å². The SMILES string of the molecule is Cc1c(COc2cc(OCc3cncc(C#N)c3)c(C/N=C(\CO)C(=O)O)cc2Cl)cccc1-c1cccc(OCCCN2CCCCC2)c1C. The van der Waals surface area contributed by atoms with Crippen molar-refractivity contribution in [2.24, 2.45) is 4.99 Å². The van der Waals surface area contributed by atoms with Crippen molar-refractivity contribution in [3.63, 3.8) is 0 Å². The number of ether oxygens (including phenoxy) is 3. The number of carboxylic acid groups (broad SMARTS) is 1. The van der Waals surface area contributed by atoms with Gasteiger partial charge in [0.15, 0.2) is 0 Å². The van der Waals surface area contributed by atoms with Gasteiger partial charge in [0.2, 0.25) is 0 Å². The fourth-order valence-electron chi connectivity index (χ4n) is 6.10. The van der Waals surface area contributed by atoms with Crippen LogP contribution in [-0.4, -0.2) is 64.6 Å². The Labute approximate surface area is 303 Å². The second kappa shape index (κ2) is 18.3. The van der Waals surface area contributed by atoms with Gasteiger partial charge in [0.1, 0.15) is 42.2 Å². The van der Waals surface area contributed by atoms with Gasteiger partial charge in [0.05, 0.1) is 30.3 Å². The van der Waals surface area contributed by atoms with Crippen molar-refractivity contribution in [2.75, 3.05) is 32.8 Å². The number of nitriles is 1. The Morgan fingerprint density at radius 1 is 0.922 bits per heavy atom. The molecule has 0 atom stereocenters. The average Bonchev–Trinajstić information content (AvgIpc) is 3.14. The number of halogens is 1. The summed E-state index contributed by atoms with van der Waals surface area (Å²) < 4.78 is 18.6. The minimum absolute atomic E-state index is 0.0772. The number of aliphatic carboxylic acids is 1. The first-order valence-corrected chi connectivity index (χ1v) is 17.5. The van der Waals surface area contributed by atoms with Crippen LogP contribution in [0.1, 0.15) is 59.1 Å². The molecule has 10 nitrogen and oxygen atoms in total. The number of aromatic nitrogens is 1. The highest BCUT2D eigenvalue weighted by atomic mass is 35.5. The van der Waals surface area contributed by atoms with Crippen LogP contribution in [-0.2, 0) is 24.6 Å². The number of piperidine rings is 1. The van der Waals surface area contributed by atoms with E-state index in [1.807, 2.05) is 24.3 Å². The van der Waals surface area contributed by atoms with Crippen molar-refractivity contribution < 1.29 is 29.2 Å². The maximum atomic E-state index is 11.4. The van der Waals surface area contributed by atoms with E-state index in [1.165, 1.54) is 38.5 Å². The summed E-state index contributed by atoms with van der Waals surface area (Å²) >= 11 is 6.68. The molecule has 266 valence electrons. The molecule has 2 N–H and O–H groups in total. The van der Waals surface area contributed by atoms with Crippen LogP contribution in [0.5, 0.6) is 17.2 Å². The summed E-state index contributed by atoms with van der Waals surface area (Å²) in [5, 5.41) is 28.3. The second-order valence-corrected chi connectivity index (χ2v) is 12.9. The number of carboxylic acids is 1. The average molecular weight is 711 g/mol. The highest BCUT2D eigenvalue weighted by molar-refractivity contribution is 6.36. The van der Waals surface area contributed by atoms with Crippen molar-refractivity contribution in [2.45, 2.75) is 59.3 Å². The fraction of sp³-hybridized carbons (Fsp3) is 0.350. The molecule has 1 fully saturated rings. The molecule has 1 aliphatic heterocycles. The third-order valence-electron chi connectivity index (χ3n) is 9.00. The third kappa shape index (κ3) is 10.1. The number of benzene rings is 3. The number of aliphatic hydroxyl groups excluding tert-OH is 1. The van der Waals surface area contributed by atoms with Gasteiger partial charge in [-0.3, -0.25) is 9.98 Å². The van der Waals surface area contributed by atoms with Gasteiger partial charge in [0, 0.05) is 36.1 Å². The first-order valence-electron chi connectivity index (χ1n) is 17.1. The summed E-state index contributed by atoms with van der Waals surface area (Å²) in [5.74, 6) is 0.295. The number of hydrogen-bond donors (Lipinski definition) is 2. The van der Waals surface area contributed by atoms with E-state index in [4.69, 9.17) is 25.8 Å². The Balaban J connectivity index is 1.32. The lowest BCUT2D eigenvalue weighted by atomic mass is 9.93. The molecule has 5 rings (SSSR count). The molecular weight excluding hydrogens is 668 g/mol. The van der Waals surface area contributed by atoms with Gasteiger partial charge in [-0.05, 0) is 92.2 Å². The molecule has 0 unspecified atom stereocenters. The summed E-state index contributed by atoms with van der Waals surface area (Å²) in [6.45, 7) is 7.77. The van der Waals surface area contributed by atoms with Crippen LogP contribution >= 0.6 is 11.6 Å². The van der Waals surface area contributed by atoms with Crippen molar-refractivity contribution in [3.05, 3.63) is 105 Å². The molecule has 2 heterocycles. The first-order chi connectivity index (χ1) is 24.8. The van der Waals surface area contributed by atoms with E-state index in [-0.39, 0.29) is 30.5 Å². The number of likely N-dealkylation sites (tertiary alicyclic amines) is 1. The Hall–Kier alpha value is -4.95. The van der Waals surface area contributed by atoms with Gasteiger partial charge in [-0.2, -0.15) is 5.26 Å². The zero-order valence-electron chi connectivity index (χ0n) is 29.0. The number of nitrogens with zero attached hydrogens (tertiary/aromatic N) is 4. The van der Waals surface area contributed by atoms with E-state index >= 15 is 0 Å². The molecule has 51 heavy (non-hydrogen) atoms. The Morgan fingerprint density at radius 3 is 2.41 bits per heavy atom. The number of aliphatic imine (C=N–C) groups is 1. The largest absolute Gasteiger partial charge is 0.493 e. The molecule has 11 heteroatoms. The highest BCUT2D eigenvalue weighted by Gasteiger charge is 2.17. The summed E-state index contributed by atoms with van der Waals surface area (Å²) in [5.41, 5.74) is 6.47. The predicted octanol–water partition coefficient (Wildman–Crippen LogP) is 7.32. The van der Waals surface area contributed by atoms with E-state index in [0.29, 0.717) is 34.8 Å². The molecule has 1 saturated heterocycles. The van der Waals surface area contributed by atoms with E-state index in [0.717, 1.165) is 46.5 Å². The fourth-order valence-corrected chi connectivity index (χ4v) is 6.34. The molecule has 0 bridgehead atoms.